The van der Waals surface area contributed by atoms with Gasteiger partial charge in [-0.1, -0.05) is 32.1 Å². The number of ether oxygens (including phenoxy) is 1. The molecule has 3 aromatic heterocycles. The molecule has 168 valence electrons. The molecule has 3 heterocycles. The van der Waals surface area contributed by atoms with E-state index in [1.165, 1.54) is 53.6 Å². The van der Waals surface area contributed by atoms with E-state index in [9.17, 15) is 14.4 Å². The molecular formula is C22H26N6O4. The van der Waals surface area contributed by atoms with Crippen LogP contribution in [0.5, 0.6) is 0 Å². The number of pyridine rings is 1. The molecular weight excluding hydrogens is 412 g/mol. The standard InChI is InChI=1S/C22H26N6O4/c1-27-19-16(12-25-27)21(30)28(13-24-19)17(10-14-6-4-3-5-7-14)20(29)26-18-9-8-15(11-23-18)22(31)32-2/h8-9,11-14,17H,3-7,10H2,1-2H3,(H,23,26,29). The summed E-state index contributed by atoms with van der Waals surface area (Å²) in [4.78, 5) is 46.6. The van der Waals surface area contributed by atoms with E-state index in [1.807, 2.05) is 0 Å². The summed E-state index contributed by atoms with van der Waals surface area (Å²) >= 11 is 0. The number of methoxy groups -OCH3 is 1. The van der Waals surface area contributed by atoms with Crippen LogP contribution in [0.25, 0.3) is 11.0 Å². The molecule has 1 fully saturated rings. The highest BCUT2D eigenvalue weighted by atomic mass is 16.5. The summed E-state index contributed by atoms with van der Waals surface area (Å²) in [5.41, 5.74) is 0.461. The van der Waals surface area contributed by atoms with Crippen LogP contribution >= 0.6 is 0 Å². The zero-order valence-electron chi connectivity index (χ0n) is 18.2. The number of carbonyl (C=O) groups excluding carboxylic acids is 2. The van der Waals surface area contributed by atoms with Crippen LogP contribution in [-0.2, 0) is 16.6 Å². The Morgan fingerprint density at radius 1 is 1.19 bits per heavy atom. The topological polar surface area (TPSA) is 121 Å². The summed E-state index contributed by atoms with van der Waals surface area (Å²) in [6.07, 6.45) is 10.3. The monoisotopic (exact) mass is 438 g/mol. The van der Waals surface area contributed by atoms with Gasteiger partial charge < -0.3 is 10.1 Å². The SMILES string of the molecule is COC(=O)c1ccc(NC(=O)C(CC2CCCCC2)n2cnc3c(cnn3C)c2=O)nc1. The number of amides is 1. The number of esters is 1. The third kappa shape index (κ3) is 4.39. The molecule has 0 aliphatic heterocycles. The molecule has 0 aromatic carbocycles. The number of nitrogens with zero attached hydrogens (tertiary/aromatic N) is 5. The molecule has 0 radical (unpaired) electrons. The zero-order chi connectivity index (χ0) is 22.7. The van der Waals surface area contributed by atoms with Crippen molar-refractivity contribution in [3.8, 4) is 0 Å². The van der Waals surface area contributed by atoms with Crippen LogP contribution in [0.15, 0.2) is 35.6 Å². The predicted octanol–water partition coefficient (Wildman–Crippen LogP) is 2.46. The number of aryl methyl sites for hydroxylation is 1. The molecule has 4 rings (SSSR count). The van der Waals surface area contributed by atoms with Crippen LogP contribution < -0.4 is 10.9 Å². The van der Waals surface area contributed by atoms with E-state index in [4.69, 9.17) is 0 Å². The van der Waals surface area contributed by atoms with E-state index in [-0.39, 0.29) is 17.0 Å². The fourth-order valence-electron chi connectivity index (χ4n) is 4.27. The molecule has 0 saturated heterocycles. The van der Waals surface area contributed by atoms with Gasteiger partial charge in [0, 0.05) is 13.2 Å². The summed E-state index contributed by atoms with van der Waals surface area (Å²) in [6.45, 7) is 0. The molecule has 0 bridgehead atoms. The van der Waals surface area contributed by atoms with Crippen LogP contribution in [0, 0.1) is 5.92 Å². The van der Waals surface area contributed by atoms with Gasteiger partial charge in [0.2, 0.25) is 5.91 Å². The number of aromatic nitrogens is 5. The molecule has 1 amide bonds. The highest BCUT2D eigenvalue weighted by Crippen LogP contribution is 2.31. The van der Waals surface area contributed by atoms with Crippen molar-refractivity contribution in [2.24, 2.45) is 13.0 Å². The molecule has 1 N–H and O–H groups in total. The third-order valence-corrected chi connectivity index (χ3v) is 6.03. The number of fused-ring (bicyclic) bond motifs is 1. The van der Waals surface area contributed by atoms with Gasteiger partial charge in [-0.15, -0.1) is 0 Å². The quantitative estimate of drug-likeness (QED) is 0.587. The fourth-order valence-corrected chi connectivity index (χ4v) is 4.27. The summed E-state index contributed by atoms with van der Waals surface area (Å²) in [7, 11) is 3.01. The lowest BCUT2D eigenvalue weighted by atomic mass is 9.84. The maximum absolute atomic E-state index is 13.3. The van der Waals surface area contributed by atoms with Gasteiger partial charge in [0.15, 0.2) is 5.65 Å². The minimum Gasteiger partial charge on any atom is -0.465 e. The van der Waals surface area contributed by atoms with E-state index < -0.39 is 12.0 Å². The Morgan fingerprint density at radius 3 is 2.66 bits per heavy atom. The number of carbonyl (C=O) groups is 2. The Balaban J connectivity index is 1.63. The number of hydrogen-bond acceptors (Lipinski definition) is 7. The maximum Gasteiger partial charge on any atom is 0.339 e. The Morgan fingerprint density at radius 2 is 1.97 bits per heavy atom. The number of nitrogens with one attached hydrogen (secondary N) is 1. The summed E-state index contributed by atoms with van der Waals surface area (Å²) in [5.74, 6) is -0.209. The van der Waals surface area contributed by atoms with Crippen molar-refractivity contribution in [1.29, 1.82) is 0 Å². The average molecular weight is 438 g/mol. The third-order valence-electron chi connectivity index (χ3n) is 6.03. The smallest absolute Gasteiger partial charge is 0.339 e. The van der Waals surface area contributed by atoms with E-state index >= 15 is 0 Å². The van der Waals surface area contributed by atoms with Crippen molar-refractivity contribution in [1.82, 2.24) is 24.3 Å². The minimum absolute atomic E-state index is 0.284. The largest absolute Gasteiger partial charge is 0.465 e. The molecule has 1 aliphatic rings. The van der Waals surface area contributed by atoms with Crippen LogP contribution in [0.1, 0.15) is 54.9 Å². The van der Waals surface area contributed by atoms with Gasteiger partial charge in [0.1, 0.15) is 23.6 Å². The molecule has 1 unspecified atom stereocenters. The van der Waals surface area contributed by atoms with Gasteiger partial charge in [-0.2, -0.15) is 5.10 Å². The predicted molar refractivity (Wildman–Crippen MR) is 117 cm³/mol. The first kappa shape index (κ1) is 21.7. The van der Waals surface area contributed by atoms with Crippen molar-refractivity contribution >= 4 is 28.7 Å². The van der Waals surface area contributed by atoms with Crippen LogP contribution in [0.3, 0.4) is 0 Å². The van der Waals surface area contributed by atoms with Crippen molar-refractivity contribution in [3.05, 3.63) is 46.8 Å². The van der Waals surface area contributed by atoms with E-state index in [0.717, 1.165) is 25.7 Å². The molecule has 32 heavy (non-hydrogen) atoms. The second-order valence-corrected chi connectivity index (χ2v) is 8.13. The summed E-state index contributed by atoms with van der Waals surface area (Å²) < 4.78 is 7.60. The first-order chi connectivity index (χ1) is 15.5. The molecule has 10 heteroatoms. The Labute approximate surface area is 184 Å². The van der Waals surface area contributed by atoms with E-state index in [2.05, 4.69) is 25.1 Å². The maximum atomic E-state index is 13.3. The average Bonchev–Trinajstić information content (AvgIpc) is 3.20. The zero-order valence-corrected chi connectivity index (χ0v) is 18.2. The number of hydrogen-bond donors (Lipinski definition) is 1. The first-order valence-corrected chi connectivity index (χ1v) is 10.7. The van der Waals surface area contributed by atoms with Gasteiger partial charge in [-0.3, -0.25) is 18.8 Å². The van der Waals surface area contributed by atoms with Crippen LogP contribution in [-0.4, -0.2) is 43.3 Å². The van der Waals surface area contributed by atoms with Gasteiger partial charge in [0.05, 0.1) is 18.9 Å². The number of rotatable bonds is 6. The van der Waals surface area contributed by atoms with Gasteiger partial charge in [-0.05, 0) is 24.5 Å². The lowest BCUT2D eigenvalue weighted by molar-refractivity contribution is -0.120. The van der Waals surface area contributed by atoms with Crippen molar-refractivity contribution in [2.45, 2.75) is 44.6 Å². The molecule has 1 aliphatic carbocycles. The first-order valence-electron chi connectivity index (χ1n) is 10.7. The molecule has 1 atom stereocenters. The van der Waals surface area contributed by atoms with Crippen molar-refractivity contribution < 1.29 is 14.3 Å². The van der Waals surface area contributed by atoms with E-state index in [1.54, 1.807) is 7.05 Å². The molecule has 3 aromatic rings. The second kappa shape index (κ2) is 9.29. The molecule has 1 saturated carbocycles. The normalized spacial score (nSPS) is 15.4. The minimum atomic E-state index is -0.732. The van der Waals surface area contributed by atoms with E-state index in [0.29, 0.717) is 29.2 Å². The summed E-state index contributed by atoms with van der Waals surface area (Å²) in [5, 5.41) is 7.26. The van der Waals surface area contributed by atoms with Gasteiger partial charge >= 0.3 is 5.97 Å². The molecule has 0 spiro atoms. The van der Waals surface area contributed by atoms with Gasteiger partial charge in [-0.25, -0.2) is 14.8 Å². The lowest BCUT2D eigenvalue weighted by Crippen LogP contribution is -2.35. The highest BCUT2D eigenvalue weighted by Gasteiger charge is 2.28. The number of anilines is 1. The molecule has 10 nitrogen and oxygen atoms in total. The summed E-state index contributed by atoms with van der Waals surface area (Å²) in [6, 6.07) is 2.33. The lowest BCUT2D eigenvalue weighted by Gasteiger charge is -2.27. The van der Waals surface area contributed by atoms with Crippen LogP contribution in [0.2, 0.25) is 0 Å². The fraction of sp³-hybridized carbons (Fsp3) is 0.455. The van der Waals surface area contributed by atoms with Crippen molar-refractivity contribution in [2.75, 3.05) is 12.4 Å². The second-order valence-electron chi connectivity index (χ2n) is 8.13. The van der Waals surface area contributed by atoms with Gasteiger partial charge in [0.25, 0.3) is 5.56 Å². The van der Waals surface area contributed by atoms with Crippen LogP contribution in [0.4, 0.5) is 5.82 Å². The Bertz CT molecular complexity index is 1180. The highest BCUT2D eigenvalue weighted by molar-refractivity contribution is 5.94. The Kier molecular flexibility index (Phi) is 6.29. The Hall–Kier alpha value is -3.56. The van der Waals surface area contributed by atoms with Crippen molar-refractivity contribution in [3.63, 3.8) is 0 Å².